The van der Waals surface area contributed by atoms with E-state index in [0.717, 1.165) is 0 Å². The van der Waals surface area contributed by atoms with Crippen molar-refractivity contribution in [2.24, 2.45) is 0 Å². The number of Topliss-reactive ketones (excluding diaryl/α,β-unsaturated/α-hetero) is 1. The van der Waals surface area contributed by atoms with Gasteiger partial charge in [-0.15, -0.1) is 0 Å². The minimum atomic E-state index is -0.681. The van der Waals surface area contributed by atoms with E-state index in [4.69, 9.17) is 15.7 Å². The number of aromatic nitrogens is 1. The average Bonchev–Trinajstić information content (AvgIpc) is 3.34. The Morgan fingerprint density at radius 1 is 1.16 bits per heavy atom. The number of hydrogen-bond acceptors (Lipinski definition) is 6. The van der Waals surface area contributed by atoms with Crippen LogP contribution in [0.5, 0.6) is 0 Å². The van der Waals surface area contributed by atoms with Crippen molar-refractivity contribution in [2.45, 2.75) is 39.2 Å². The van der Waals surface area contributed by atoms with E-state index in [1.54, 1.807) is 51.2 Å². The Morgan fingerprint density at radius 3 is 2.55 bits per heavy atom. The number of ketones is 1. The number of esters is 1. The first-order chi connectivity index (χ1) is 14.6. The largest absolute Gasteiger partial charge is 0.469 e. The summed E-state index contributed by atoms with van der Waals surface area (Å²) in [6.07, 6.45) is 2.36. The van der Waals surface area contributed by atoms with Crippen molar-refractivity contribution in [3.63, 3.8) is 0 Å². The molecule has 0 saturated heterocycles. The van der Waals surface area contributed by atoms with Crippen molar-refractivity contribution in [3.05, 3.63) is 53.9 Å². The van der Waals surface area contributed by atoms with Crippen LogP contribution in [0.3, 0.4) is 0 Å². The molecule has 0 aliphatic rings. The van der Waals surface area contributed by atoms with Crippen LogP contribution in [-0.4, -0.2) is 35.1 Å². The maximum Gasteiger partial charge on any atom is 0.419 e. The lowest BCUT2D eigenvalue weighted by atomic mass is 10.1. The van der Waals surface area contributed by atoms with Gasteiger partial charge in [0.15, 0.2) is 17.2 Å². The van der Waals surface area contributed by atoms with Gasteiger partial charge in [0.1, 0.15) is 5.60 Å². The van der Waals surface area contributed by atoms with Crippen molar-refractivity contribution in [2.75, 3.05) is 7.11 Å². The molecule has 0 fully saturated rings. The van der Waals surface area contributed by atoms with Crippen LogP contribution in [0.1, 0.15) is 44.2 Å². The quantitative estimate of drug-likeness (QED) is 0.312. The zero-order chi connectivity index (χ0) is 22.8. The molecule has 8 nitrogen and oxygen atoms in total. The molecule has 0 radical (unpaired) electrons. The Balaban J connectivity index is 2.01. The topological polar surface area (TPSA) is 92.1 Å². The number of rotatable bonds is 5. The first-order valence-corrected chi connectivity index (χ1v) is 9.58. The van der Waals surface area contributed by atoms with E-state index < -0.39 is 17.7 Å². The zero-order valence-electron chi connectivity index (χ0n) is 17.7. The van der Waals surface area contributed by atoms with Gasteiger partial charge >= 0.3 is 12.1 Å². The second-order valence-electron chi connectivity index (χ2n) is 7.91. The molecule has 0 amide bonds. The predicted molar refractivity (Wildman–Crippen MR) is 113 cm³/mol. The number of ether oxygens (including phenoxy) is 2. The fourth-order valence-electron chi connectivity index (χ4n) is 3.04. The van der Waals surface area contributed by atoms with E-state index in [2.05, 4.69) is 9.58 Å². The van der Waals surface area contributed by atoms with E-state index in [0.29, 0.717) is 27.7 Å². The monoisotopic (exact) mass is 422 g/mol. The fourth-order valence-corrected chi connectivity index (χ4v) is 3.04. The van der Waals surface area contributed by atoms with Gasteiger partial charge in [0, 0.05) is 23.7 Å². The number of fused-ring (bicyclic) bond motifs is 1. The van der Waals surface area contributed by atoms with Gasteiger partial charge in [-0.3, -0.25) is 14.2 Å². The van der Waals surface area contributed by atoms with Gasteiger partial charge in [-0.1, -0.05) is 6.07 Å². The van der Waals surface area contributed by atoms with Crippen molar-refractivity contribution in [1.29, 1.82) is 0 Å². The Morgan fingerprint density at radius 2 is 1.90 bits per heavy atom. The highest BCUT2D eigenvalue weighted by atomic mass is 16.6. The number of methoxy groups -OCH3 is 1. The van der Waals surface area contributed by atoms with Crippen molar-refractivity contribution in [1.82, 2.24) is 4.57 Å². The van der Waals surface area contributed by atoms with Crippen LogP contribution in [0.25, 0.3) is 26.9 Å². The third kappa shape index (κ3) is 4.83. The molecule has 2 aromatic heterocycles. The van der Waals surface area contributed by atoms with Crippen molar-refractivity contribution in [3.8, 4) is 11.1 Å². The van der Waals surface area contributed by atoms with Crippen LogP contribution in [0.2, 0.25) is 0 Å². The average molecular weight is 422 g/mol. The molecule has 0 spiro atoms. The van der Waals surface area contributed by atoms with Crippen LogP contribution < -0.4 is 0 Å². The Kier molecular flexibility index (Phi) is 5.97. The zero-order valence-corrected chi connectivity index (χ0v) is 17.7. The third-order valence-electron chi connectivity index (χ3n) is 4.48. The number of benzene rings is 1. The summed E-state index contributed by atoms with van der Waals surface area (Å²) < 4.78 is 16.8. The smallest absolute Gasteiger partial charge is 0.419 e. The summed E-state index contributed by atoms with van der Waals surface area (Å²) in [5, 5.41) is 0.647. The van der Waals surface area contributed by atoms with Gasteiger partial charge in [0.25, 0.3) is 0 Å². The van der Waals surface area contributed by atoms with Crippen LogP contribution >= 0.6 is 0 Å². The van der Waals surface area contributed by atoms with Crippen molar-refractivity contribution >= 4 is 34.4 Å². The van der Waals surface area contributed by atoms with Gasteiger partial charge in [0.05, 0.1) is 31.9 Å². The molecule has 0 N–H and O–H groups in total. The number of furan rings is 1. The van der Waals surface area contributed by atoms with Gasteiger partial charge in [0.2, 0.25) is 0 Å². The van der Waals surface area contributed by atoms with Gasteiger partial charge in [-0.25, -0.2) is 9.64 Å². The molecular weight excluding hydrogens is 400 g/mol. The normalized spacial score (nSPS) is 11.2. The SMILES string of the molecule is [C-]#[N+]c1ccc2c(c1)c(-c1coc(C(=O)CCC(=O)OC)c1)cn2C(=O)OC(C)(C)C. The highest BCUT2D eigenvalue weighted by Crippen LogP contribution is 2.35. The van der Waals surface area contributed by atoms with Gasteiger partial charge < -0.3 is 13.9 Å². The lowest BCUT2D eigenvalue weighted by Crippen LogP contribution is -2.26. The van der Waals surface area contributed by atoms with E-state index >= 15 is 0 Å². The predicted octanol–water partition coefficient (Wildman–Crippen LogP) is 5.37. The maximum absolute atomic E-state index is 12.7. The van der Waals surface area contributed by atoms with Gasteiger partial charge in [-0.05, 0) is 44.4 Å². The molecule has 160 valence electrons. The molecule has 0 aliphatic heterocycles. The van der Waals surface area contributed by atoms with E-state index in [1.165, 1.54) is 17.9 Å². The second-order valence-corrected chi connectivity index (χ2v) is 7.91. The molecule has 0 saturated carbocycles. The Hall–Kier alpha value is -3.86. The molecule has 0 aliphatic carbocycles. The summed E-state index contributed by atoms with van der Waals surface area (Å²) in [6.45, 7) is 12.6. The van der Waals surface area contributed by atoms with Crippen molar-refractivity contribution < 1.29 is 28.3 Å². The second kappa shape index (κ2) is 8.48. The molecule has 8 heteroatoms. The molecule has 3 rings (SSSR count). The maximum atomic E-state index is 12.7. The standard InChI is InChI=1S/C23H22N2O6/c1-23(2,3)31-22(28)25-12-17(16-11-15(24-4)6-7-18(16)25)14-10-20(30-13-14)19(26)8-9-21(27)29-5/h6-7,10-13H,8-9H2,1-3,5H3. The lowest BCUT2D eigenvalue weighted by molar-refractivity contribution is -0.140. The Labute approximate surface area is 179 Å². The minimum Gasteiger partial charge on any atom is -0.469 e. The number of nitrogens with zero attached hydrogens (tertiary/aromatic N) is 2. The number of hydrogen-bond donors (Lipinski definition) is 0. The highest BCUT2D eigenvalue weighted by molar-refractivity contribution is 6.03. The first kappa shape index (κ1) is 21.8. The van der Waals surface area contributed by atoms with Crippen LogP contribution in [0.15, 0.2) is 41.1 Å². The molecule has 0 atom stereocenters. The van der Waals surface area contributed by atoms with Crippen LogP contribution in [0, 0.1) is 6.57 Å². The molecule has 0 bridgehead atoms. The molecule has 1 aromatic carbocycles. The third-order valence-corrected chi connectivity index (χ3v) is 4.48. The molecule has 3 aromatic rings. The van der Waals surface area contributed by atoms with Crippen LogP contribution in [0.4, 0.5) is 10.5 Å². The fraction of sp³-hybridized carbons (Fsp3) is 0.304. The number of carbonyl (C=O) groups excluding carboxylic acids is 3. The summed E-state index contributed by atoms with van der Waals surface area (Å²) in [7, 11) is 1.26. The van der Waals surface area contributed by atoms with E-state index in [1.807, 2.05) is 0 Å². The van der Waals surface area contributed by atoms with E-state index in [9.17, 15) is 14.4 Å². The summed E-state index contributed by atoms with van der Waals surface area (Å²) in [4.78, 5) is 39.8. The minimum absolute atomic E-state index is 0.0405. The molecule has 2 heterocycles. The van der Waals surface area contributed by atoms with Crippen LogP contribution in [-0.2, 0) is 14.3 Å². The number of carbonyl (C=O) groups is 3. The van der Waals surface area contributed by atoms with E-state index in [-0.39, 0.29) is 24.4 Å². The highest BCUT2D eigenvalue weighted by Gasteiger charge is 2.23. The Bertz CT molecular complexity index is 1200. The lowest BCUT2D eigenvalue weighted by Gasteiger charge is -2.19. The van der Waals surface area contributed by atoms with Gasteiger partial charge in [-0.2, -0.15) is 0 Å². The summed E-state index contributed by atoms with van der Waals surface area (Å²) >= 11 is 0. The summed E-state index contributed by atoms with van der Waals surface area (Å²) in [6, 6.07) is 6.53. The molecule has 0 unspecified atom stereocenters. The molecular formula is C23H22N2O6. The summed E-state index contributed by atoms with van der Waals surface area (Å²) in [5.74, 6) is -0.722. The molecule has 31 heavy (non-hydrogen) atoms. The summed E-state index contributed by atoms with van der Waals surface area (Å²) in [5.41, 5.74) is 1.47. The first-order valence-electron chi connectivity index (χ1n) is 9.58.